The highest BCUT2D eigenvalue weighted by Gasteiger charge is 2.08. The average Bonchev–Trinajstić information content (AvgIpc) is 2.25. The number of nitrogens with one attached hydrogen (secondary N) is 2. The molecule has 0 fully saturated rings. The van der Waals surface area contributed by atoms with Crippen LogP contribution in [0, 0.1) is 5.82 Å². The third-order valence-electron chi connectivity index (χ3n) is 1.82. The molecule has 0 radical (unpaired) electrons. The van der Waals surface area contributed by atoms with Gasteiger partial charge in [-0.15, -0.1) is 0 Å². The smallest absolute Gasteiger partial charge is 0.319 e. The minimum absolute atomic E-state index is 0.00813. The summed E-state index contributed by atoms with van der Waals surface area (Å²) in [4.78, 5) is 11.2. The number of urea groups is 1. The van der Waals surface area contributed by atoms with Crippen molar-refractivity contribution >= 4 is 23.3 Å². The van der Waals surface area contributed by atoms with Gasteiger partial charge < -0.3 is 15.7 Å². The summed E-state index contributed by atoms with van der Waals surface area (Å²) in [6, 6.07) is 3.81. The molecule has 0 spiro atoms. The van der Waals surface area contributed by atoms with Gasteiger partial charge in [0.15, 0.2) is 5.82 Å². The van der Waals surface area contributed by atoms with E-state index in [0.29, 0.717) is 13.0 Å². The maximum Gasteiger partial charge on any atom is 0.319 e. The fourth-order valence-corrected chi connectivity index (χ4v) is 1.22. The average molecular weight is 247 g/mol. The van der Waals surface area contributed by atoms with Gasteiger partial charge in [-0.25, -0.2) is 9.18 Å². The Balaban J connectivity index is 2.53. The lowest BCUT2D eigenvalue weighted by Crippen LogP contribution is -2.30. The van der Waals surface area contributed by atoms with Crippen LogP contribution in [0.1, 0.15) is 6.42 Å². The third-order valence-corrected chi connectivity index (χ3v) is 2.11. The highest BCUT2D eigenvalue weighted by molar-refractivity contribution is 6.31. The number of amides is 2. The molecule has 0 aliphatic rings. The van der Waals surface area contributed by atoms with Gasteiger partial charge in [0.05, 0.1) is 10.7 Å². The van der Waals surface area contributed by atoms with Crippen LogP contribution < -0.4 is 10.6 Å². The quantitative estimate of drug-likeness (QED) is 0.712. The van der Waals surface area contributed by atoms with Crippen LogP contribution in [0.25, 0.3) is 0 Å². The first-order chi connectivity index (χ1) is 7.65. The van der Waals surface area contributed by atoms with Crippen molar-refractivity contribution < 1.29 is 14.3 Å². The van der Waals surface area contributed by atoms with E-state index in [0.717, 1.165) is 0 Å². The SMILES string of the molecule is O=C(NCCCO)Nc1cccc(Cl)c1F. The molecule has 0 aliphatic heterocycles. The zero-order valence-electron chi connectivity index (χ0n) is 8.46. The molecule has 3 N–H and O–H groups in total. The Hall–Kier alpha value is -1.33. The zero-order chi connectivity index (χ0) is 12.0. The van der Waals surface area contributed by atoms with Gasteiger partial charge in [-0.05, 0) is 18.6 Å². The minimum atomic E-state index is -0.665. The normalized spacial score (nSPS) is 9.94. The van der Waals surface area contributed by atoms with Gasteiger partial charge in [0.1, 0.15) is 0 Å². The summed E-state index contributed by atoms with van der Waals surface area (Å²) in [7, 11) is 0. The van der Waals surface area contributed by atoms with Crippen molar-refractivity contribution in [1.82, 2.24) is 5.32 Å². The molecule has 0 atom stereocenters. The lowest BCUT2D eigenvalue weighted by atomic mass is 10.3. The van der Waals surface area contributed by atoms with Crippen LogP contribution in [0.3, 0.4) is 0 Å². The van der Waals surface area contributed by atoms with E-state index in [9.17, 15) is 9.18 Å². The molecule has 0 heterocycles. The Morgan fingerprint density at radius 2 is 2.25 bits per heavy atom. The van der Waals surface area contributed by atoms with Crippen LogP contribution in [-0.2, 0) is 0 Å². The number of aliphatic hydroxyl groups is 1. The Labute approximate surface area is 97.4 Å². The second-order valence-corrected chi connectivity index (χ2v) is 3.47. The third kappa shape index (κ3) is 3.67. The van der Waals surface area contributed by atoms with Crippen molar-refractivity contribution in [2.75, 3.05) is 18.5 Å². The molecule has 0 saturated heterocycles. The first kappa shape index (κ1) is 12.7. The number of hydrogen-bond acceptors (Lipinski definition) is 2. The van der Waals surface area contributed by atoms with Crippen LogP contribution in [-0.4, -0.2) is 24.3 Å². The van der Waals surface area contributed by atoms with E-state index in [4.69, 9.17) is 16.7 Å². The van der Waals surface area contributed by atoms with E-state index in [1.165, 1.54) is 18.2 Å². The summed E-state index contributed by atoms with van der Waals surface area (Å²) in [5.41, 5.74) is 0.0222. The van der Waals surface area contributed by atoms with Gasteiger partial charge in [-0.2, -0.15) is 0 Å². The van der Waals surface area contributed by atoms with E-state index in [1.807, 2.05) is 0 Å². The van der Waals surface area contributed by atoms with E-state index >= 15 is 0 Å². The molecular formula is C10H12ClFN2O2. The predicted octanol–water partition coefficient (Wildman–Crippen LogP) is 1.98. The van der Waals surface area contributed by atoms with E-state index in [2.05, 4.69) is 10.6 Å². The molecule has 2 amide bonds. The summed E-state index contributed by atoms with van der Waals surface area (Å²) in [5, 5.41) is 13.2. The molecule has 0 bridgehead atoms. The standard InChI is InChI=1S/C10H12ClFN2O2/c11-7-3-1-4-8(9(7)12)14-10(16)13-5-2-6-15/h1,3-4,15H,2,5-6H2,(H2,13,14,16). The van der Waals surface area contributed by atoms with Crippen molar-refractivity contribution in [1.29, 1.82) is 0 Å². The van der Waals surface area contributed by atoms with E-state index in [1.54, 1.807) is 0 Å². The second kappa shape index (κ2) is 6.30. The van der Waals surface area contributed by atoms with E-state index < -0.39 is 11.8 Å². The Morgan fingerprint density at radius 1 is 1.50 bits per heavy atom. The first-order valence-corrected chi connectivity index (χ1v) is 5.12. The molecule has 0 saturated carbocycles. The van der Waals surface area contributed by atoms with Gasteiger partial charge in [0, 0.05) is 13.2 Å². The van der Waals surface area contributed by atoms with Crippen LogP contribution in [0.2, 0.25) is 5.02 Å². The fourth-order valence-electron chi connectivity index (χ4n) is 1.05. The number of rotatable bonds is 4. The molecule has 0 aromatic heterocycles. The van der Waals surface area contributed by atoms with Crippen molar-refractivity contribution in [2.24, 2.45) is 0 Å². The molecular weight excluding hydrogens is 235 g/mol. The maximum atomic E-state index is 13.3. The molecule has 1 aromatic rings. The topological polar surface area (TPSA) is 61.4 Å². The van der Waals surface area contributed by atoms with Gasteiger partial charge in [0.2, 0.25) is 0 Å². The molecule has 1 rings (SSSR count). The van der Waals surface area contributed by atoms with Crippen LogP contribution in [0.15, 0.2) is 18.2 Å². The van der Waals surface area contributed by atoms with Crippen molar-refractivity contribution in [3.8, 4) is 0 Å². The number of hydrogen-bond donors (Lipinski definition) is 3. The second-order valence-electron chi connectivity index (χ2n) is 3.06. The largest absolute Gasteiger partial charge is 0.396 e. The van der Waals surface area contributed by atoms with Crippen LogP contribution in [0.5, 0.6) is 0 Å². The summed E-state index contributed by atoms with van der Waals surface area (Å²) >= 11 is 5.54. The summed E-state index contributed by atoms with van der Waals surface area (Å²) < 4.78 is 13.3. The minimum Gasteiger partial charge on any atom is -0.396 e. The Kier molecular flexibility index (Phi) is 5.01. The summed E-state index contributed by atoms with van der Waals surface area (Å²) in [6.45, 7) is 0.316. The van der Waals surface area contributed by atoms with E-state index in [-0.39, 0.29) is 17.3 Å². The van der Waals surface area contributed by atoms with Gasteiger partial charge in [0.25, 0.3) is 0 Å². The number of anilines is 1. The molecule has 1 aromatic carbocycles. The van der Waals surface area contributed by atoms with Crippen molar-refractivity contribution in [3.63, 3.8) is 0 Å². The highest BCUT2D eigenvalue weighted by Crippen LogP contribution is 2.21. The fraction of sp³-hybridized carbons (Fsp3) is 0.300. The van der Waals surface area contributed by atoms with Gasteiger partial charge in [-0.3, -0.25) is 0 Å². The summed E-state index contributed by atoms with van der Waals surface area (Å²) in [5.74, 6) is -0.665. The molecule has 16 heavy (non-hydrogen) atoms. The Bertz CT molecular complexity index is 374. The number of carbonyl (C=O) groups is 1. The lowest BCUT2D eigenvalue weighted by Gasteiger charge is -2.08. The first-order valence-electron chi connectivity index (χ1n) is 4.75. The number of aliphatic hydroxyl groups excluding tert-OH is 1. The molecule has 6 heteroatoms. The lowest BCUT2D eigenvalue weighted by molar-refractivity contribution is 0.248. The predicted molar refractivity (Wildman–Crippen MR) is 60.1 cm³/mol. The number of halogens is 2. The molecule has 0 unspecified atom stereocenters. The maximum absolute atomic E-state index is 13.3. The molecule has 0 aliphatic carbocycles. The van der Waals surface area contributed by atoms with Gasteiger partial charge >= 0.3 is 6.03 Å². The van der Waals surface area contributed by atoms with Crippen LogP contribution >= 0.6 is 11.6 Å². The monoisotopic (exact) mass is 246 g/mol. The summed E-state index contributed by atoms with van der Waals surface area (Å²) in [6.07, 6.45) is 0.450. The number of carbonyl (C=O) groups excluding carboxylic acids is 1. The Morgan fingerprint density at radius 3 is 2.94 bits per heavy atom. The molecule has 4 nitrogen and oxygen atoms in total. The van der Waals surface area contributed by atoms with Crippen molar-refractivity contribution in [3.05, 3.63) is 29.0 Å². The van der Waals surface area contributed by atoms with Gasteiger partial charge in [-0.1, -0.05) is 17.7 Å². The highest BCUT2D eigenvalue weighted by atomic mass is 35.5. The van der Waals surface area contributed by atoms with Crippen LogP contribution in [0.4, 0.5) is 14.9 Å². The zero-order valence-corrected chi connectivity index (χ0v) is 9.22. The number of benzene rings is 1. The molecule has 88 valence electrons. The van der Waals surface area contributed by atoms with Crippen molar-refractivity contribution in [2.45, 2.75) is 6.42 Å².